The highest BCUT2D eigenvalue weighted by molar-refractivity contribution is 7.92. The van der Waals surface area contributed by atoms with Crippen LogP contribution in [-0.2, 0) is 10.0 Å². The molecule has 0 radical (unpaired) electrons. The lowest BCUT2D eigenvalue weighted by Crippen LogP contribution is -2.21. The van der Waals surface area contributed by atoms with Crippen LogP contribution >= 0.6 is 0 Å². The van der Waals surface area contributed by atoms with Crippen LogP contribution < -0.4 is 14.8 Å². The normalized spacial score (nSPS) is 12.9. The first-order valence-corrected chi connectivity index (χ1v) is 9.10. The predicted molar refractivity (Wildman–Crippen MR) is 87.4 cm³/mol. The van der Waals surface area contributed by atoms with Crippen molar-refractivity contribution in [3.8, 4) is 5.75 Å². The van der Waals surface area contributed by atoms with Crippen molar-refractivity contribution < 1.29 is 13.2 Å². The fraction of sp³-hybridized carbons (Fsp3) is 0.600. The molecule has 1 aromatic rings. The zero-order chi connectivity index (χ0) is 15.7. The first kappa shape index (κ1) is 17.8. The van der Waals surface area contributed by atoms with Crippen LogP contribution in [0.3, 0.4) is 0 Å². The standard InChI is InChI=1S/C15H26N2O3S/c1-4-13(3)20-15-9-6-8-14(12-15)17-21(18,19)11-7-10-16-5-2/h6,8-9,12-13,16-17H,4-5,7,10-11H2,1-3H3. The summed E-state index contributed by atoms with van der Waals surface area (Å²) in [7, 11) is -3.31. The maximum atomic E-state index is 12.0. The minimum atomic E-state index is -3.31. The van der Waals surface area contributed by atoms with Gasteiger partial charge in [0.1, 0.15) is 5.75 Å². The average molecular weight is 314 g/mol. The largest absolute Gasteiger partial charge is 0.491 e. The minimum absolute atomic E-state index is 0.108. The van der Waals surface area contributed by atoms with Crippen molar-refractivity contribution >= 4 is 15.7 Å². The van der Waals surface area contributed by atoms with Gasteiger partial charge in [-0.15, -0.1) is 0 Å². The Bertz CT molecular complexity index is 517. The molecule has 0 fully saturated rings. The van der Waals surface area contributed by atoms with Gasteiger partial charge in [-0.2, -0.15) is 0 Å². The van der Waals surface area contributed by atoms with E-state index in [0.717, 1.165) is 13.0 Å². The topological polar surface area (TPSA) is 67.4 Å². The summed E-state index contributed by atoms with van der Waals surface area (Å²) in [6.45, 7) is 7.58. The van der Waals surface area contributed by atoms with Crippen LogP contribution in [0.1, 0.15) is 33.6 Å². The van der Waals surface area contributed by atoms with E-state index in [4.69, 9.17) is 4.74 Å². The molecule has 0 spiro atoms. The van der Waals surface area contributed by atoms with Gasteiger partial charge < -0.3 is 10.1 Å². The quantitative estimate of drug-likeness (QED) is 0.651. The number of anilines is 1. The molecule has 0 aliphatic carbocycles. The van der Waals surface area contributed by atoms with Gasteiger partial charge in [0.05, 0.1) is 17.5 Å². The Balaban J connectivity index is 2.59. The lowest BCUT2D eigenvalue weighted by atomic mass is 10.3. The third-order valence-electron chi connectivity index (χ3n) is 3.04. The van der Waals surface area contributed by atoms with Crippen LogP contribution in [0, 0.1) is 0 Å². The highest BCUT2D eigenvalue weighted by Crippen LogP contribution is 2.20. The van der Waals surface area contributed by atoms with Gasteiger partial charge in [-0.05, 0) is 45.0 Å². The third kappa shape index (κ3) is 7.34. The summed E-state index contributed by atoms with van der Waals surface area (Å²) in [6.07, 6.45) is 1.60. The molecule has 0 saturated carbocycles. The van der Waals surface area contributed by atoms with Crippen molar-refractivity contribution in [2.24, 2.45) is 0 Å². The molecule has 0 saturated heterocycles. The Kier molecular flexibility index (Phi) is 7.53. The predicted octanol–water partition coefficient (Wildman–Crippen LogP) is 2.61. The second-order valence-corrected chi connectivity index (χ2v) is 6.83. The van der Waals surface area contributed by atoms with E-state index >= 15 is 0 Å². The van der Waals surface area contributed by atoms with Crippen molar-refractivity contribution in [1.29, 1.82) is 0 Å². The zero-order valence-electron chi connectivity index (χ0n) is 13.1. The first-order valence-electron chi connectivity index (χ1n) is 7.44. The van der Waals surface area contributed by atoms with Gasteiger partial charge >= 0.3 is 0 Å². The van der Waals surface area contributed by atoms with Gasteiger partial charge in [0.15, 0.2) is 0 Å². The summed E-state index contributed by atoms with van der Waals surface area (Å²) in [5, 5.41) is 3.11. The summed E-state index contributed by atoms with van der Waals surface area (Å²) in [5.41, 5.74) is 0.541. The van der Waals surface area contributed by atoms with Crippen molar-refractivity contribution in [1.82, 2.24) is 5.32 Å². The fourth-order valence-electron chi connectivity index (χ4n) is 1.74. The summed E-state index contributed by atoms with van der Waals surface area (Å²) in [6, 6.07) is 7.06. The highest BCUT2D eigenvalue weighted by Gasteiger charge is 2.10. The average Bonchev–Trinajstić information content (AvgIpc) is 2.43. The molecule has 0 heterocycles. The third-order valence-corrected chi connectivity index (χ3v) is 4.41. The molecule has 2 N–H and O–H groups in total. The van der Waals surface area contributed by atoms with Crippen molar-refractivity contribution in [2.45, 2.75) is 39.7 Å². The van der Waals surface area contributed by atoms with Crippen LogP contribution in [0.15, 0.2) is 24.3 Å². The number of hydrogen-bond donors (Lipinski definition) is 2. The van der Waals surface area contributed by atoms with E-state index in [1.165, 1.54) is 0 Å². The monoisotopic (exact) mass is 314 g/mol. The molecule has 0 amide bonds. The number of ether oxygens (including phenoxy) is 1. The molecule has 1 atom stereocenters. The van der Waals surface area contributed by atoms with Crippen LogP contribution in [0.2, 0.25) is 0 Å². The summed E-state index contributed by atoms with van der Waals surface area (Å²) >= 11 is 0. The molecule has 1 rings (SSSR count). The van der Waals surface area contributed by atoms with Crippen LogP contribution in [-0.4, -0.2) is 33.4 Å². The number of hydrogen-bond acceptors (Lipinski definition) is 4. The molecule has 0 aliphatic rings. The Morgan fingerprint density at radius 2 is 2.05 bits per heavy atom. The van der Waals surface area contributed by atoms with E-state index in [0.29, 0.717) is 24.4 Å². The fourth-order valence-corrected chi connectivity index (χ4v) is 2.86. The molecule has 0 bridgehead atoms. The lowest BCUT2D eigenvalue weighted by molar-refractivity contribution is 0.217. The van der Waals surface area contributed by atoms with Gasteiger partial charge in [0.2, 0.25) is 10.0 Å². The Morgan fingerprint density at radius 3 is 2.71 bits per heavy atom. The molecule has 6 heteroatoms. The number of rotatable bonds is 10. The van der Waals surface area contributed by atoms with E-state index in [1.54, 1.807) is 18.2 Å². The van der Waals surface area contributed by atoms with E-state index in [1.807, 2.05) is 26.8 Å². The van der Waals surface area contributed by atoms with Gasteiger partial charge in [-0.25, -0.2) is 8.42 Å². The van der Waals surface area contributed by atoms with Crippen LogP contribution in [0.25, 0.3) is 0 Å². The molecule has 21 heavy (non-hydrogen) atoms. The molecule has 1 unspecified atom stereocenters. The molecule has 1 aromatic carbocycles. The summed E-state index contributed by atoms with van der Waals surface area (Å²) in [5.74, 6) is 0.786. The summed E-state index contributed by atoms with van der Waals surface area (Å²) < 4.78 is 32.2. The lowest BCUT2D eigenvalue weighted by Gasteiger charge is -2.14. The number of nitrogens with one attached hydrogen (secondary N) is 2. The number of benzene rings is 1. The van der Waals surface area contributed by atoms with Gasteiger partial charge in [-0.1, -0.05) is 19.9 Å². The maximum Gasteiger partial charge on any atom is 0.232 e. The molecule has 120 valence electrons. The second-order valence-electron chi connectivity index (χ2n) is 4.99. The van der Waals surface area contributed by atoms with Crippen LogP contribution in [0.5, 0.6) is 5.75 Å². The first-order chi connectivity index (χ1) is 9.96. The Hall–Kier alpha value is -1.27. The van der Waals surface area contributed by atoms with Crippen molar-refractivity contribution in [2.75, 3.05) is 23.6 Å². The molecule has 0 aromatic heterocycles. The van der Waals surface area contributed by atoms with Crippen LogP contribution in [0.4, 0.5) is 5.69 Å². The SMILES string of the molecule is CCNCCCS(=O)(=O)Nc1cccc(OC(C)CC)c1. The van der Waals surface area contributed by atoms with Gasteiger partial charge in [0, 0.05) is 6.07 Å². The molecule has 0 aliphatic heterocycles. The highest BCUT2D eigenvalue weighted by atomic mass is 32.2. The second kappa shape index (κ2) is 8.89. The maximum absolute atomic E-state index is 12.0. The van der Waals surface area contributed by atoms with Crippen molar-refractivity contribution in [3.05, 3.63) is 24.3 Å². The van der Waals surface area contributed by atoms with E-state index in [9.17, 15) is 8.42 Å². The van der Waals surface area contributed by atoms with E-state index in [2.05, 4.69) is 10.0 Å². The van der Waals surface area contributed by atoms with E-state index < -0.39 is 10.0 Å². The molecular weight excluding hydrogens is 288 g/mol. The summed E-state index contributed by atoms with van der Waals surface area (Å²) in [4.78, 5) is 0. The smallest absolute Gasteiger partial charge is 0.232 e. The molecule has 5 nitrogen and oxygen atoms in total. The zero-order valence-corrected chi connectivity index (χ0v) is 13.9. The van der Waals surface area contributed by atoms with Gasteiger partial charge in [0.25, 0.3) is 0 Å². The van der Waals surface area contributed by atoms with E-state index in [-0.39, 0.29) is 11.9 Å². The van der Waals surface area contributed by atoms with Crippen molar-refractivity contribution in [3.63, 3.8) is 0 Å². The van der Waals surface area contributed by atoms with Gasteiger partial charge in [-0.3, -0.25) is 4.72 Å². The minimum Gasteiger partial charge on any atom is -0.491 e. The Morgan fingerprint density at radius 1 is 1.29 bits per heavy atom. The number of sulfonamides is 1. The molecular formula is C15H26N2O3S. The Labute approximate surface area is 128 Å².